The molecule has 0 bridgehead atoms. The third kappa shape index (κ3) is 3.61. The second-order valence-electron chi connectivity index (χ2n) is 6.60. The van der Waals surface area contributed by atoms with Gasteiger partial charge in [-0.1, -0.05) is 5.16 Å². The smallest absolute Gasteiger partial charge is 0.227 e. The Morgan fingerprint density at radius 3 is 2.58 bits per heavy atom. The van der Waals surface area contributed by atoms with Crippen LogP contribution in [0.3, 0.4) is 0 Å². The van der Waals surface area contributed by atoms with Crippen molar-refractivity contribution in [1.82, 2.24) is 15.0 Å². The van der Waals surface area contributed by atoms with Gasteiger partial charge >= 0.3 is 0 Å². The van der Waals surface area contributed by atoms with Crippen LogP contribution in [0.1, 0.15) is 29.9 Å². The summed E-state index contributed by atoms with van der Waals surface area (Å²) in [5, 5.41) is 3.90. The average molecular weight is 335 g/mol. The van der Waals surface area contributed by atoms with Crippen LogP contribution in [0.5, 0.6) is 0 Å². The highest BCUT2D eigenvalue weighted by atomic mass is 16.5. The van der Waals surface area contributed by atoms with Gasteiger partial charge in [-0.05, 0) is 26.7 Å². The lowest BCUT2D eigenvalue weighted by Crippen LogP contribution is -2.49. The fourth-order valence-corrected chi connectivity index (χ4v) is 3.46. The van der Waals surface area contributed by atoms with Crippen molar-refractivity contribution in [2.24, 2.45) is 5.92 Å². The van der Waals surface area contributed by atoms with Gasteiger partial charge in [-0.25, -0.2) is 0 Å². The minimum atomic E-state index is -0.0922. The summed E-state index contributed by atoms with van der Waals surface area (Å²) in [4.78, 5) is 29.0. The molecular weight excluding hydrogens is 310 g/mol. The third-order valence-corrected chi connectivity index (χ3v) is 4.96. The summed E-state index contributed by atoms with van der Waals surface area (Å²) in [6, 6.07) is 0. The molecule has 3 heterocycles. The minimum absolute atomic E-state index is 0.0453. The van der Waals surface area contributed by atoms with Gasteiger partial charge in [0.25, 0.3) is 0 Å². The van der Waals surface area contributed by atoms with Gasteiger partial charge in [0.05, 0.1) is 31.2 Å². The topological polar surface area (TPSA) is 75.9 Å². The van der Waals surface area contributed by atoms with Crippen LogP contribution in [0.15, 0.2) is 4.52 Å². The molecule has 1 aromatic heterocycles. The van der Waals surface area contributed by atoms with Crippen LogP contribution >= 0.6 is 0 Å². The lowest BCUT2D eigenvalue weighted by atomic mass is 9.95. The molecule has 24 heavy (non-hydrogen) atoms. The molecule has 0 aromatic carbocycles. The lowest BCUT2D eigenvalue weighted by molar-refractivity contribution is -0.143. The van der Waals surface area contributed by atoms with Crippen molar-refractivity contribution < 1.29 is 18.8 Å². The molecular formula is C17H25N3O4. The van der Waals surface area contributed by atoms with E-state index in [0.29, 0.717) is 45.0 Å². The first-order chi connectivity index (χ1) is 11.6. The van der Waals surface area contributed by atoms with Crippen molar-refractivity contribution in [2.75, 3.05) is 39.4 Å². The van der Waals surface area contributed by atoms with E-state index in [1.54, 1.807) is 0 Å². The normalized spacial score (nSPS) is 21.8. The molecule has 2 aliphatic heterocycles. The number of aryl methyl sites for hydroxylation is 2. The molecule has 0 N–H and O–H groups in total. The fourth-order valence-electron chi connectivity index (χ4n) is 3.46. The highest BCUT2D eigenvalue weighted by Gasteiger charge is 2.32. The van der Waals surface area contributed by atoms with Gasteiger partial charge in [-0.15, -0.1) is 0 Å². The van der Waals surface area contributed by atoms with Gasteiger partial charge < -0.3 is 19.1 Å². The van der Waals surface area contributed by atoms with E-state index in [9.17, 15) is 9.59 Å². The summed E-state index contributed by atoms with van der Waals surface area (Å²) in [6.07, 6.45) is 2.01. The number of piperidine rings is 1. The average Bonchev–Trinajstić information content (AvgIpc) is 2.94. The molecule has 2 amide bonds. The van der Waals surface area contributed by atoms with Crippen LogP contribution < -0.4 is 0 Å². The number of morpholine rings is 1. The zero-order chi connectivity index (χ0) is 17.1. The maximum Gasteiger partial charge on any atom is 0.227 e. The van der Waals surface area contributed by atoms with Crippen LogP contribution in [0, 0.1) is 19.8 Å². The van der Waals surface area contributed by atoms with Crippen molar-refractivity contribution >= 4 is 11.8 Å². The molecule has 2 aliphatic rings. The van der Waals surface area contributed by atoms with Crippen LogP contribution in [-0.4, -0.2) is 66.2 Å². The predicted octanol–water partition coefficient (Wildman–Crippen LogP) is 0.931. The third-order valence-electron chi connectivity index (χ3n) is 4.96. The quantitative estimate of drug-likeness (QED) is 0.821. The summed E-state index contributed by atoms with van der Waals surface area (Å²) in [5.41, 5.74) is 1.63. The summed E-state index contributed by atoms with van der Waals surface area (Å²) in [5.74, 6) is 0.807. The summed E-state index contributed by atoms with van der Waals surface area (Å²) < 4.78 is 10.4. The number of aromatic nitrogens is 1. The fraction of sp³-hybridized carbons (Fsp3) is 0.706. The van der Waals surface area contributed by atoms with E-state index in [-0.39, 0.29) is 17.7 Å². The molecule has 0 unspecified atom stereocenters. The maximum absolute atomic E-state index is 12.7. The zero-order valence-electron chi connectivity index (χ0n) is 14.4. The molecule has 0 radical (unpaired) electrons. The number of carbonyl (C=O) groups excluding carboxylic acids is 2. The highest BCUT2D eigenvalue weighted by molar-refractivity contribution is 5.82. The number of nitrogens with zero attached hydrogens (tertiary/aromatic N) is 3. The van der Waals surface area contributed by atoms with Crippen molar-refractivity contribution in [2.45, 2.75) is 33.1 Å². The van der Waals surface area contributed by atoms with Crippen LogP contribution in [-0.2, 0) is 20.7 Å². The number of carbonyl (C=O) groups is 2. The lowest BCUT2D eigenvalue weighted by Gasteiger charge is -2.36. The summed E-state index contributed by atoms with van der Waals surface area (Å²) in [6.45, 7) is 7.42. The first-order valence-electron chi connectivity index (χ1n) is 8.62. The number of amides is 2. The number of ether oxygens (including phenoxy) is 1. The summed E-state index contributed by atoms with van der Waals surface area (Å²) in [7, 11) is 0. The van der Waals surface area contributed by atoms with E-state index in [4.69, 9.17) is 9.26 Å². The molecule has 0 saturated carbocycles. The molecule has 0 aliphatic carbocycles. The molecule has 1 atom stereocenters. The Morgan fingerprint density at radius 2 is 1.92 bits per heavy atom. The molecule has 7 heteroatoms. The van der Waals surface area contributed by atoms with E-state index < -0.39 is 0 Å². The number of likely N-dealkylation sites (tertiary alicyclic amines) is 1. The first-order valence-corrected chi connectivity index (χ1v) is 8.62. The van der Waals surface area contributed by atoms with Gasteiger partial charge in [-0.2, -0.15) is 0 Å². The molecule has 7 nitrogen and oxygen atoms in total. The van der Waals surface area contributed by atoms with Gasteiger partial charge in [0, 0.05) is 31.7 Å². The Kier molecular flexibility index (Phi) is 5.18. The molecule has 0 spiro atoms. The molecule has 3 rings (SSSR count). The minimum Gasteiger partial charge on any atom is -0.378 e. The standard InChI is InChI=1S/C17H25N3O4/c1-12-15(13(2)24-18-12)10-16(21)20-5-3-4-14(11-20)17(22)19-6-8-23-9-7-19/h14H,3-11H2,1-2H3/t14-/m1/s1. The second-order valence-corrected chi connectivity index (χ2v) is 6.60. The second kappa shape index (κ2) is 7.34. The SMILES string of the molecule is Cc1noc(C)c1CC(=O)N1CCC[C@@H](C(=O)N2CCOCC2)C1. The van der Waals surface area contributed by atoms with E-state index in [1.807, 2.05) is 23.6 Å². The molecule has 2 saturated heterocycles. The number of hydrogen-bond acceptors (Lipinski definition) is 5. The van der Waals surface area contributed by atoms with E-state index in [1.165, 1.54) is 0 Å². The Balaban J connectivity index is 1.60. The maximum atomic E-state index is 12.7. The number of hydrogen-bond donors (Lipinski definition) is 0. The molecule has 132 valence electrons. The summed E-state index contributed by atoms with van der Waals surface area (Å²) >= 11 is 0. The van der Waals surface area contributed by atoms with Crippen LogP contribution in [0.2, 0.25) is 0 Å². The van der Waals surface area contributed by atoms with Crippen molar-refractivity contribution in [3.8, 4) is 0 Å². The largest absolute Gasteiger partial charge is 0.378 e. The van der Waals surface area contributed by atoms with Crippen LogP contribution in [0.4, 0.5) is 0 Å². The Hall–Kier alpha value is -1.89. The van der Waals surface area contributed by atoms with Crippen molar-refractivity contribution in [1.29, 1.82) is 0 Å². The first kappa shape index (κ1) is 17.0. The Bertz CT molecular complexity index is 587. The van der Waals surface area contributed by atoms with Gasteiger partial charge in [0.1, 0.15) is 5.76 Å². The van der Waals surface area contributed by atoms with Crippen molar-refractivity contribution in [3.05, 3.63) is 17.0 Å². The van der Waals surface area contributed by atoms with Crippen LogP contribution in [0.25, 0.3) is 0 Å². The van der Waals surface area contributed by atoms with Crippen molar-refractivity contribution in [3.63, 3.8) is 0 Å². The monoisotopic (exact) mass is 335 g/mol. The molecule has 1 aromatic rings. The van der Waals surface area contributed by atoms with Gasteiger partial charge in [0.2, 0.25) is 11.8 Å². The Morgan fingerprint density at radius 1 is 1.17 bits per heavy atom. The predicted molar refractivity (Wildman–Crippen MR) is 86.4 cm³/mol. The van der Waals surface area contributed by atoms with E-state index in [0.717, 1.165) is 30.6 Å². The van der Waals surface area contributed by atoms with E-state index in [2.05, 4.69) is 5.16 Å². The molecule has 2 fully saturated rings. The number of rotatable bonds is 3. The van der Waals surface area contributed by atoms with Gasteiger partial charge in [0.15, 0.2) is 0 Å². The zero-order valence-corrected chi connectivity index (χ0v) is 14.4. The van der Waals surface area contributed by atoms with E-state index >= 15 is 0 Å². The van der Waals surface area contributed by atoms with Gasteiger partial charge in [-0.3, -0.25) is 9.59 Å². The highest BCUT2D eigenvalue weighted by Crippen LogP contribution is 2.21. The Labute approximate surface area is 141 Å².